The second-order valence-electron chi connectivity index (χ2n) is 3.44. The quantitative estimate of drug-likeness (QED) is 0.616. The van der Waals surface area contributed by atoms with Crippen molar-refractivity contribution in [3.8, 4) is 0 Å². The number of carbonyl (C=O) groups excluding carboxylic acids is 4. The van der Waals surface area contributed by atoms with E-state index in [1.165, 1.54) is 0 Å². The summed E-state index contributed by atoms with van der Waals surface area (Å²) in [6.07, 6.45) is 0. The second kappa shape index (κ2) is 10.5. The molecule has 0 aromatic rings. The van der Waals surface area contributed by atoms with Crippen LogP contribution in [-0.2, 0) is 38.5 Å². The molecule has 0 spiro atoms. The average molecular weight is 309 g/mol. The number of carbonyl (C=O) groups is 4. The Kier molecular flexibility index (Phi) is 10.6. The van der Waals surface area contributed by atoms with Crippen molar-refractivity contribution in [2.24, 2.45) is 0 Å². The zero-order valence-electron chi connectivity index (χ0n) is 12.3. The Hall–Kier alpha value is -2.24. The molecular weight excluding hydrogens is 290 g/mol. The van der Waals surface area contributed by atoms with Gasteiger partial charge in [-0.3, -0.25) is 19.2 Å². The minimum atomic E-state index is -0.724. The predicted octanol–water partition coefficient (Wildman–Crippen LogP) is -0.335. The van der Waals surface area contributed by atoms with Gasteiger partial charge in [0.05, 0.1) is 13.1 Å². The van der Waals surface area contributed by atoms with Gasteiger partial charge < -0.3 is 25.5 Å². The standard InChI is InChI=1S/C10H16N2O8.H3N/c1-7(13)17-11(18-8(2)14)5-6-12(19-9(3)15)20-10(4)16;/h5-6H2,1-4H3;1H3. The fourth-order valence-corrected chi connectivity index (χ4v) is 0.957. The van der Waals surface area contributed by atoms with E-state index in [-0.39, 0.29) is 19.2 Å². The highest BCUT2D eigenvalue weighted by atomic mass is 17.0. The van der Waals surface area contributed by atoms with Crippen LogP contribution in [0.4, 0.5) is 0 Å². The lowest BCUT2D eigenvalue weighted by atomic mass is 10.7. The van der Waals surface area contributed by atoms with Crippen LogP contribution in [0.15, 0.2) is 0 Å². The minimum Gasteiger partial charge on any atom is -0.344 e. The predicted molar refractivity (Wildman–Crippen MR) is 65.5 cm³/mol. The molecule has 0 saturated carbocycles. The van der Waals surface area contributed by atoms with E-state index in [1.54, 1.807) is 0 Å². The van der Waals surface area contributed by atoms with Crippen molar-refractivity contribution in [3.05, 3.63) is 0 Å². The Bertz CT molecular complexity index is 318. The van der Waals surface area contributed by atoms with Crippen molar-refractivity contribution < 1.29 is 38.5 Å². The summed E-state index contributed by atoms with van der Waals surface area (Å²) in [5.41, 5.74) is 0. The Morgan fingerprint density at radius 3 is 0.952 bits per heavy atom. The van der Waals surface area contributed by atoms with E-state index >= 15 is 0 Å². The molecule has 0 aliphatic rings. The third-order valence-corrected chi connectivity index (χ3v) is 1.39. The molecule has 0 rings (SSSR count). The molecule has 0 fully saturated rings. The third-order valence-electron chi connectivity index (χ3n) is 1.39. The summed E-state index contributed by atoms with van der Waals surface area (Å²) in [6.45, 7) is 3.97. The molecule has 0 aliphatic carbocycles. The zero-order valence-corrected chi connectivity index (χ0v) is 12.3. The summed E-state index contributed by atoms with van der Waals surface area (Å²) in [5, 5.41) is 1.15. The molecule has 0 atom stereocenters. The van der Waals surface area contributed by atoms with Crippen molar-refractivity contribution in [2.45, 2.75) is 27.7 Å². The lowest BCUT2D eigenvalue weighted by molar-refractivity contribution is -0.354. The van der Waals surface area contributed by atoms with Gasteiger partial charge in [0.2, 0.25) is 0 Å². The Labute approximate surface area is 121 Å². The normalized spacial score (nSPS) is 9.62. The van der Waals surface area contributed by atoms with Crippen LogP contribution < -0.4 is 6.15 Å². The molecule has 11 heteroatoms. The molecule has 122 valence electrons. The lowest BCUT2D eigenvalue weighted by Crippen LogP contribution is -2.38. The summed E-state index contributed by atoms with van der Waals surface area (Å²) in [5.74, 6) is -2.90. The number of nitrogens with zero attached hydrogens (tertiary/aromatic N) is 2. The van der Waals surface area contributed by atoms with Crippen molar-refractivity contribution in [1.29, 1.82) is 0 Å². The fraction of sp³-hybridized carbons (Fsp3) is 0.600. The van der Waals surface area contributed by atoms with Crippen molar-refractivity contribution in [1.82, 2.24) is 16.6 Å². The lowest BCUT2D eigenvalue weighted by Gasteiger charge is -2.22. The van der Waals surface area contributed by atoms with Crippen molar-refractivity contribution >= 4 is 23.9 Å². The largest absolute Gasteiger partial charge is 0.344 e. The zero-order chi connectivity index (χ0) is 15.7. The van der Waals surface area contributed by atoms with Crippen LogP contribution >= 0.6 is 0 Å². The van der Waals surface area contributed by atoms with Gasteiger partial charge in [0.1, 0.15) is 0 Å². The van der Waals surface area contributed by atoms with Crippen LogP contribution in [0, 0.1) is 0 Å². The highest BCUT2D eigenvalue weighted by Crippen LogP contribution is 1.99. The molecule has 0 saturated heterocycles. The van der Waals surface area contributed by atoms with E-state index in [0.29, 0.717) is 10.5 Å². The maximum Gasteiger partial charge on any atom is 0.326 e. The molecule has 11 nitrogen and oxygen atoms in total. The van der Waals surface area contributed by atoms with Crippen LogP contribution in [0.25, 0.3) is 0 Å². The van der Waals surface area contributed by atoms with Gasteiger partial charge in [-0.15, -0.1) is 0 Å². The van der Waals surface area contributed by atoms with E-state index < -0.39 is 23.9 Å². The number of hydroxylamine groups is 4. The van der Waals surface area contributed by atoms with Crippen LogP contribution in [0.3, 0.4) is 0 Å². The maximum atomic E-state index is 10.8. The maximum absolute atomic E-state index is 10.8. The first kappa shape index (κ1) is 21.1. The van der Waals surface area contributed by atoms with Gasteiger partial charge in [0, 0.05) is 38.1 Å². The Morgan fingerprint density at radius 2 is 0.810 bits per heavy atom. The fourth-order valence-electron chi connectivity index (χ4n) is 0.957. The smallest absolute Gasteiger partial charge is 0.326 e. The van der Waals surface area contributed by atoms with Crippen molar-refractivity contribution in [2.75, 3.05) is 13.1 Å². The molecular formula is C10H19N3O8. The molecule has 0 unspecified atom stereocenters. The van der Waals surface area contributed by atoms with Crippen LogP contribution in [-0.4, -0.2) is 47.4 Å². The van der Waals surface area contributed by atoms with Gasteiger partial charge in [-0.05, 0) is 0 Å². The Morgan fingerprint density at radius 1 is 0.619 bits per heavy atom. The second-order valence-corrected chi connectivity index (χ2v) is 3.44. The van der Waals surface area contributed by atoms with Crippen LogP contribution in [0.5, 0.6) is 0 Å². The summed E-state index contributed by atoms with van der Waals surface area (Å²) >= 11 is 0. The van der Waals surface area contributed by atoms with E-state index in [1.807, 2.05) is 0 Å². The summed E-state index contributed by atoms with van der Waals surface area (Å²) in [4.78, 5) is 61.4. The molecule has 0 aromatic heterocycles. The highest BCUT2D eigenvalue weighted by Gasteiger charge is 2.18. The van der Waals surface area contributed by atoms with Gasteiger partial charge in [0.15, 0.2) is 0 Å². The number of hydrogen-bond acceptors (Lipinski definition) is 11. The first-order valence-electron chi connectivity index (χ1n) is 5.50. The van der Waals surface area contributed by atoms with Crippen molar-refractivity contribution in [3.63, 3.8) is 0 Å². The monoisotopic (exact) mass is 309 g/mol. The van der Waals surface area contributed by atoms with E-state index in [2.05, 4.69) is 19.4 Å². The highest BCUT2D eigenvalue weighted by molar-refractivity contribution is 5.67. The van der Waals surface area contributed by atoms with Gasteiger partial charge in [-0.2, -0.15) is 0 Å². The summed E-state index contributed by atoms with van der Waals surface area (Å²) < 4.78 is 0. The van der Waals surface area contributed by atoms with E-state index in [9.17, 15) is 19.2 Å². The third kappa shape index (κ3) is 12.5. The number of rotatable bonds is 7. The summed E-state index contributed by atoms with van der Waals surface area (Å²) in [6, 6.07) is 0. The van der Waals surface area contributed by atoms with E-state index in [0.717, 1.165) is 27.7 Å². The van der Waals surface area contributed by atoms with Gasteiger partial charge in [0.25, 0.3) is 0 Å². The van der Waals surface area contributed by atoms with Gasteiger partial charge in [-0.1, -0.05) is 0 Å². The molecule has 0 amide bonds. The van der Waals surface area contributed by atoms with Crippen LogP contribution in [0.1, 0.15) is 27.7 Å². The van der Waals surface area contributed by atoms with Gasteiger partial charge >= 0.3 is 23.9 Å². The molecule has 0 heterocycles. The first-order valence-corrected chi connectivity index (χ1v) is 5.50. The van der Waals surface area contributed by atoms with Gasteiger partial charge in [-0.25, -0.2) is 0 Å². The molecule has 3 N–H and O–H groups in total. The topological polar surface area (TPSA) is 147 Å². The first-order chi connectivity index (χ1) is 9.20. The summed E-state index contributed by atoms with van der Waals surface area (Å²) in [7, 11) is 0. The SMILES string of the molecule is CC(=O)ON(CCN(OC(C)=O)OC(C)=O)OC(C)=O.N. The Balaban J connectivity index is 0. The number of hydrogen-bond donors (Lipinski definition) is 1. The molecule has 0 bridgehead atoms. The molecule has 0 aromatic carbocycles. The minimum absolute atomic E-state index is 0. The molecule has 0 aliphatic heterocycles. The molecule has 0 radical (unpaired) electrons. The van der Waals surface area contributed by atoms with Crippen LogP contribution in [0.2, 0.25) is 0 Å². The molecule has 21 heavy (non-hydrogen) atoms. The van der Waals surface area contributed by atoms with E-state index in [4.69, 9.17) is 0 Å². The average Bonchev–Trinajstić information content (AvgIpc) is 2.22.